The van der Waals surface area contributed by atoms with E-state index in [1.807, 2.05) is 66.7 Å². The molecule has 1 N–H and O–H groups in total. The summed E-state index contributed by atoms with van der Waals surface area (Å²) in [5.41, 5.74) is 3.48. The predicted molar refractivity (Wildman–Crippen MR) is 144 cm³/mol. The van der Waals surface area contributed by atoms with Crippen LogP contribution in [0.2, 0.25) is 5.02 Å². The Morgan fingerprint density at radius 2 is 1.89 bits per heavy atom. The normalized spacial score (nSPS) is 19.2. The SMILES string of the molecule is COc1ccc(C2=NN(C3=NC(=O)C(CC(=O)Nc4ccccc4)S3)C(c3cccc(Cl)c3)C2)cc1. The molecule has 2 amide bonds. The first-order valence-corrected chi connectivity index (χ1v) is 12.7. The van der Waals surface area contributed by atoms with Gasteiger partial charge in [-0.2, -0.15) is 10.1 Å². The molecule has 0 aromatic heterocycles. The summed E-state index contributed by atoms with van der Waals surface area (Å²) in [6.45, 7) is 0. The lowest BCUT2D eigenvalue weighted by atomic mass is 9.98. The highest BCUT2D eigenvalue weighted by atomic mass is 35.5. The lowest BCUT2D eigenvalue weighted by molar-refractivity contribution is -0.121. The molecule has 0 bridgehead atoms. The second-order valence-electron chi connectivity index (χ2n) is 8.35. The number of ether oxygens (including phenoxy) is 1. The van der Waals surface area contributed by atoms with Crippen LogP contribution in [-0.2, 0) is 9.59 Å². The van der Waals surface area contributed by atoms with Gasteiger partial charge in [0.15, 0.2) is 5.17 Å². The van der Waals surface area contributed by atoms with Gasteiger partial charge in [-0.1, -0.05) is 53.7 Å². The van der Waals surface area contributed by atoms with Crippen molar-refractivity contribution in [1.82, 2.24) is 5.01 Å². The van der Waals surface area contributed by atoms with Gasteiger partial charge in [0, 0.05) is 23.6 Å². The summed E-state index contributed by atoms with van der Waals surface area (Å²) in [5.74, 6) is 0.188. The number of nitrogens with one attached hydrogen (secondary N) is 1. The summed E-state index contributed by atoms with van der Waals surface area (Å²) in [4.78, 5) is 29.6. The van der Waals surface area contributed by atoms with Crippen molar-refractivity contribution in [3.8, 4) is 5.75 Å². The zero-order valence-corrected chi connectivity index (χ0v) is 21.0. The number of amidine groups is 1. The fourth-order valence-corrected chi connectivity index (χ4v) is 5.38. The monoisotopic (exact) mass is 518 g/mol. The van der Waals surface area contributed by atoms with Crippen molar-refractivity contribution in [2.75, 3.05) is 12.4 Å². The summed E-state index contributed by atoms with van der Waals surface area (Å²) in [6.07, 6.45) is 0.635. The number of para-hydroxylation sites is 1. The smallest absolute Gasteiger partial charge is 0.262 e. The van der Waals surface area contributed by atoms with Crippen LogP contribution in [0.15, 0.2) is 89.0 Å². The maximum atomic E-state index is 12.8. The lowest BCUT2D eigenvalue weighted by Gasteiger charge is -2.23. The third-order valence-corrected chi connectivity index (χ3v) is 7.30. The van der Waals surface area contributed by atoms with Crippen molar-refractivity contribution in [3.05, 3.63) is 95.0 Å². The van der Waals surface area contributed by atoms with Crippen LogP contribution in [0.25, 0.3) is 0 Å². The number of carbonyl (C=O) groups is 2. The Balaban J connectivity index is 1.37. The summed E-state index contributed by atoms with van der Waals surface area (Å²) in [6, 6.07) is 24.3. The van der Waals surface area contributed by atoms with Gasteiger partial charge in [-0.15, -0.1) is 0 Å². The number of carbonyl (C=O) groups excluding carboxylic acids is 2. The van der Waals surface area contributed by atoms with Crippen LogP contribution in [0.4, 0.5) is 5.69 Å². The van der Waals surface area contributed by atoms with Crippen LogP contribution < -0.4 is 10.1 Å². The van der Waals surface area contributed by atoms with Gasteiger partial charge in [0.1, 0.15) is 11.0 Å². The molecule has 0 radical (unpaired) electrons. The van der Waals surface area contributed by atoms with Gasteiger partial charge in [0.25, 0.3) is 5.91 Å². The Labute approximate surface area is 218 Å². The van der Waals surface area contributed by atoms with Gasteiger partial charge in [0.2, 0.25) is 5.91 Å². The summed E-state index contributed by atoms with van der Waals surface area (Å²) >= 11 is 7.55. The van der Waals surface area contributed by atoms with E-state index in [1.165, 1.54) is 11.8 Å². The molecule has 5 rings (SSSR count). The highest BCUT2D eigenvalue weighted by Crippen LogP contribution is 2.39. The molecular formula is C27H23ClN4O3S. The zero-order chi connectivity index (χ0) is 25.1. The minimum atomic E-state index is -0.607. The van der Waals surface area contributed by atoms with E-state index in [0.717, 1.165) is 22.6 Å². The van der Waals surface area contributed by atoms with E-state index in [1.54, 1.807) is 24.3 Å². The van der Waals surface area contributed by atoms with Gasteiger partial charge < -0.3 is 10.1 Å². The van der Waals surface area contributed by atoms with Crippen LogP contribution in [0.5, 0.6) is 5.75 Å². The van der Waals surface area contributed by atoms with Crippen molar-refractivity contribution in [1.29, 1.82) is 0 Å². The van der Waals surface area contributed by atoms with Crippen LogP contribution in [0.3, 0.4) is 0 Å². The highest BCUT2D eigenvalue weighted by molar-refractivity contribution is 8.15. The van der Waals surface area contributed by atoms with Gasteiger partial charge >= 0.3 is 0 Å². The maximum Gasteiger partial charge on any atom is 0.262 e. The van der Waals surface area contributed by atoms with Crippen molar-refractivity contribution in [3.63, 3.8) is 0 Å². The van der Waals surface area contributed by atoms with Crippen LogP contribution in [0, 0.1) is 0 Å². The number of hydrazone groups is 1. The minimum absolute atomic E-state index is 0.0239. The number of aliphatic imine (C=N–C) groups is 1. The molecule has 3 aromatic carbocycles. The zero-order valence-electron chi connectivity index (χ0n) is 19.4. The average Bonchev–Trinajstić information content (AvgIpc) is 3.49. The molecule has 0 saturated carbocycles. The van der Waals surface area contributed by atoms with E-state index < -0.39 is 5.25 Å². The van der Waals surface area contributed by atoms with E-state index in [0.29, 0.717) is 22.3 Å². The van der Waals surface area contributed by atoms with Gasteiger partial charge in [0.05, 0.1) is 18.9 Å². The van der Waals surface area contributed by atoms with E-state index in [-0.39, 0.29) is 24.3 Å². The Morgan fingerprint density at radius 3 is 2.61 bits per heavy atom. The van der Waals surface area contributed by atoms with Gasteiger partial charge in [-0.3, -0.25) is 9.59 Å². The molecular weight excluding hydrogens is 496 g/mol. The molecule has 7 nitrogen and oxygen atoms in total. The van der Waals surface area contributed by atoms with Crippen LogP contribution in [0.1, 0.15) is 30.0 Å². The number of nitrogens with zero attached hydrogens (tertiary/aromatic N) is 3. The molecule has 2 aliphatic rings. The topological polar surface area (TPSA) is 83.4 Å². The third-order valence-electron chi connectivity index (χ3n) is 5.92. The number of thioether (sulfide) groups is 1. The second kappa shape index (κ2) is 10.6. The molecule has 0 saturated heterocycles. The minimum Gasteiger partial charge on any atom is -0.497 e. The average molecular weight is 519 g/mol. The van der Waals surface area contributed by atoms with Crippen molar-refractivity contribution < 1.29 is 14.3 Å². The van der Waals surface area contributed by atoms with Gasteiger partial charge in [-0.05, 0) is 59.7 Å². The Hall–Kier alpha value is -3.62. The van der Waals surface area contributed by atoms with E-state index >= 15 is 0 Å². The number of amides is 2. The highest BCUT2D eigenvalue weighted by Gasteiger charge is 2.39. The summed E-state index contributed by atoms with van der Waals surface area (Å²) in [7, 11) is 1.63. The van der Waals surface area contributed by atoms with Crippen molar-refractivity contribution in [2.24, 2.45) is 10.1 Å². The molecule has 2 unspecified atom stereocenters. The lowest BCUT2D eigenvalue weighted by Crippen LogP contribution is -2.25. The fraction of sp³-hybridized carbons (Fsp3) is 0.185. The van der Waals surface area contributed by atoms with Crippen molar-refractivity contribution in [2.45, 2.75) is 24.1 Å². The molecule has 0 spiro atoms. The number of anilines is 1. The van der Waals surface area contributed by atoms with Crippen LogP contribution in [-0.4, -0.2) is 40.1 Å². The Bertz CT molecular complexity index is 1340. The summed E-state index contributed by atoms with van der Waals surface area (Å²) < 4.78 is 5.27. The van der Waals surface area contributed by atoms with Crippen molar-refractivity contribution >= 4 is 51.7 Å². The first-order valence-electron chi connectivity index (χ1n) is 11.4. The fourth-order valence-electron chi connectivity index (χ4n) is 4.12. The first-order chi connectivity index (χ1) is 17.5. The van der Waals surface area contributed by atoms with Crippen LogP contribution >= 0.6 is 23.4 Å². The molecule has 2 aliphatic heterocycles. The molecule has 182 valence electrons. The number of halogens is 1. The molecule has 2 heterocycles. The van der Waals surface area contributed by atoms with Gasteiger partial charge in [-0.25, -0.2) is 5.01 Å². The number of hydrogen-bond donors (Lipinski definition) is 1. The van der Waals surface area contributed by atoms with E-state index in [4.69, 9.17) is 21.4 Å². The Morgan fingerprint density at radius 1 is 1.11 bits per heavy atom. The summed E-state index contributed by atoms with van der Waals surface area (Å²) in [5, 5.41) is 9.97. The molecule has 2 atom stereocenters. The number of benzene rings is 3. The second-order valence-corrected chi connectivity index (χ2v) is 9.96. The molecule has 3 aromatic rings. The predicted octanol–water partition coefficient (Wildman–Crippen LogP) is 5.53. The molecule has 0 aliphatic carbocycles. The van der Waals surface area contributed by atoms with E-state index in [9.17, 15) is 9.59 Å². The maximum absolute atomic E-state index is 12.8. The number of hydrogen-bond acceptors (Lipinski definition) is 6. The molecule has 0 fully saturated rings. The third kappa shape index (κ3) is 5.29. The standard InChI is InChI=1S/C27H23ClN4O3S/c1-35-21-12-10-17(11-13-21)22-15-23(18-6-5-7-19(28)14-18)32(31-22)27-30-26(34)24(36-27)16-25(33)29-20-8-3-2-4-9-20/h2-14,23-24H,15-16H2,1H3,(H,29,33). The van der Waals surface area contributed by atoms with E-state index in [2.05, 4.69) is 10.3 Å². The molecule has 36 heavy (non-hydrogen) atoms. The number of methoxy groups -OCH3 is 1. The first kappa shape index (κ1) is 24.1. The quantitative estimate of drug-likeness (QED) is 0.464. The number of rotatable bonds is 6. The largest absolute Gasteiger partial charge is 0.497 e. The molecule has 9 heteroatoms. The Kier molecular flexibility index (Phi) is 7.06.